The third-order valence-electron chi connectivity index (χ3n) is 3.81. The Kier molecular flexibility index (Phi) is 5.41. The molecule has 1 amide bonds. The number of carbonyl (C=O) groups excluding carboxylic acids is 1. The summed E-state index contributed by atoms with van der Waals surface area (Å²) in [6.45, 7) is 9.78. The van der Waals surface area contributed by atoms with Crippen molar-refractivity contribution in [3.63, 3.8) is 0 Å². The lowest BCUT2D eigenvalue weighted by Gasteiger charge is -2.35. The fourth-order valence-electron chi connectivity index (χ4n) is 2.53. The molecule has 4 heteroatoms. The number of likely N-dealkylation sites (N-methyl/N-ethyl adjacent to an activating group) is 1. The number of carbonyl (C=O) groups is 1. The van der Waals surface area contributed by atoms with Gasteiger partial charge in [0.1, 0.15) is 0 Å². The maximum Gasteiger partial charge on any atom is 0.224 e. The minimum atomic E-state index is 0.0943. The Bertz CT molecular complexity index is 422. The molecule has 0 aliphatic carbocycles. The van der Waals surface area contributed by atoms with Gasteiger partial charge in [0.05, 0.1) is 0 Å². The van der Waals surface area contributed by atoms with E-state index in [1.165, 1.54) is 5.69 Å². The molecule has 0 spiro atoms. The van der Waals surface area contributed by atoms with E-state index in [0.29, 0.717) is 6.42 Å². The lowest BCUT2D eigenvalue weighted by atomic mass is 10.2. The number of nitrogens with one attached hydrogen (secondary N) is 1. The van der Waals surface area contributed by atoms with Crippen molar-refractivity contribution < 1.29 is 4.79 Å². The fourth-order valence-corrected chi connectivity index (χ4v) is 2.53. The molecular weight excluding hydrogens is 250 g/mol. The second kappa shape index (κ2) is 7.29. The van der Waals surface area contributed by atoms with Gasteiger partial charge in [-0.1, -0.05) is 13.8 Å². The summed E-state index contributed by atoms with van der Waals surface area (Å²) in [5.74, 6) is 0.0943. The highest BCUT2D eigenvalue weighted by molar-refractivity contribution is 5.90. The molecule has 1 aromatic rings. The van der Waals surface area contributed by atoms with Crippen molar-refractivity contribution >= 4 is 17.3 Å². The first kappa shape index (κ1) is 14.9. The van der Waals surface area contributed by atoms with E-state index in [1.54, 1.807) is 0 Å². The maximum absolute atomic E-state index is 11.5. The van der Waals surface area contributed by atoms with Crippen molar-refractivity contribution in [1.29, 1.82) is 0 Å². The van der Waals surface area contributed by atoms with Gasteiger partial charge in [0.2, 0.25) is 5.91 Å². The highest BCUT2D eigenvalue weighted by Crippen LogP contribution is 2.19. The summed E-state index contributed by atoms with van der Waals surface area (Å²) >= 11 is 0. The molecular formula is C16H25N3O. The molecule has 1 fully saturated rings. The van der Waals surface area contributed by atoms with Crippen LogP contribution in [-0.4, -0.2) is 43.5 Å². The zero-order valence-electron chi connectivity index (χ0n) is 12.6. The lowest BCUT2D eigenvalue weighted by Crippen LogP contribution is -2.46. The van der Waals surface area contributed by atoms with Crippen LogP contribution in [-0.2, 0) is 4.79 Å². The van der Waals surface area contributed by atoms with E-state index in [9.17, 15) is 4.79 Å². The average molecular weight is 275 g/mol. The molecule has 0 atom stereocenters. The van der Waals surface area contributed by atoms with Crippen LogP contribution >= 0.6 is 0 Å². The van der Waals surface area contributed by atoms with Crippen LogP contribution in [0.5, 0.6) is 0 Å². The molecule has 0 bridgehead atoms. The summed E-state index contributed by atoms with van der Waals surface area (Å²) in [6.07, 6.45) is 1.46. The van der Waals surface area contributed by atoms with Crippen molar-refractivity contribution in [1.82, 2.24) is 4.90 Å². The number of hydrogen-bond donors (Lipinski definition) is 1. The van der Waals surface area contributed by atoms with Crippen LogP contribution in [0.3, 0.4) is 0 Å². The van der Waals surface area contributed by atoms with E-state index in [1.807, 2.05) is 19.1 Å². The molecule has 0 unspecified atom stereocenters. The van der Waals surface area contributed by atoms with Gasteiger partial charge in [-0.25, -0.2) is 0 Å². The number of piperazine rings is 1. The molecule has 1 saturated heterocycles. The van der Waals surface area contributed by atoms with Crippen LogP contribution in [0.25, 0.3) is 0 Å². The van der Waals surface area contributed by atoms with E-state index in [0.717, 1.165) is 44.8 Å². The third kappa shape index (κ3) is 3.97. The van der Waals surface area contributed by atoms with Gasteiger partial charge in [-0.15, -0.1) is 0 Å². The van der Waals surface area contributed by atoms with E-state index >= 15 is 0 Å². The first-order chi connectivity index (χ1) is 9.72. The van der Waals surface area contributed by atoms with Crippen molar-refractivity contribution in [3.8, 4) is 0 Å². The Morgan fingerprint density at radius 2 is 1.75 bits per heavy atom. The van der Waals surface area contributed by atoms with Gasteiger partial charge >= 0.3 is 0 Å². The highest BCUT2D eigenvalue weighted by atomic mass is 16.1. The fraction of sp³-hybridized carbons (Fsp3) is 0.562. The predicted molar refractivity (Wildman–Crippen MR) is 84.3 cm³/mol. The first-order valence-electron chi connectivity index (χ1n) is 7.60. The third-order valence-corrected chi connectivity index (χ3v) is 3.81. The minimum Gasteiger partial charge on any atom is -0.369 e. The summed E-state index contributed by atoms with van der Waals surface area (Å²) in [6, 6.07) is 8.19. The van der Waals surface area contributed by atoms with Gasteiger partial charge in [0.25, 0.3) is 0 Å². The molecule has 1 aromatic carbocycles. The Hall–Kier alpha value is -1.55. The van der Waals surface area contributed by atoms with Crippen LogP contribution in [0.15, 0.2) is 24.3 Å². The molecule has 1 N–H and O–H groups in total. The smallest absolute Gasteiger partial charge is 0.224 e. The van der Waals surface area contributed by atoms with Gasteiger partial charge < -0.3 is 15.1 Å². The van der Waals surface area contributed by atoms with E-state index in [2.05, 4.69) is 34.2 Å². The van der Waals surface area contributed by atoms with E-state index in [4.69, 9.17) is 0 Å². The van der Waals surface area contributed by atoms with Gasteiger partial charge in [-0.3, -0.25) is 4.79 Å². The largest absolute Gasteiger partial charge is 0.369 e. The summed E-state index contributed by atoms with van der Waals surface area (Å²) in [7, 11) is 0. The molecule has 0 aromatic heterocycles. The molecule has 2 rings (SSSR count). The van der Waals surface area contributed by atoms with Crippen molar-refractivity contribution in [2.75, 3.05) is 42.9 Å². The second-order valence-electron chi connectivity index (χ2n) is 5.27. The van der Waals surface area contributed by atoms with Crippen LogP contribution in [0, 0.1) is 0 Å². The molecule has 1 aliphatic rings. The molecule has 0 radical (unpaired) electrons. The van der Waals surface area contributed by atoms with Crippen LogP contribution in [0.2, 0.25) is 0 Å². The zero-order valence-corrected chi connectivity index (χ0v) is 12.6. The second-order valence-corrected chi connectivity index (χ2v) is 5.27. The quantitative estimate of drug-likeness (QED) is 0.897. The van der Waals surface area contributed by atoms with Crippen molar-refractivity contribution in [2.45, 2.75) is 26.7 Å². The number of nitrogens with zero attached hydrogens (tertiary/aromatic N) is 2. The highest BCUT2D eigenvalue weighted by Gasteiger charge is 2.15. The molecule has 1 heterocycles. The normalized spacial score (nSPS) is 16.2. The number of amides is 1. The van der Waals surface area contributed by atoms with Crippen LogP contribution < -0.4 is 10.2 Å². The molecule has 0 saturated carbocycles. The molecule has 4 nitrogen and oxygen atoms in total. The molecule has 20 heavy (non-hydrogen) atoms. The van der Waals surface area contributed by atoms with Crippen molar-refractivity contribution in [2.24, 2.45) is 0 Å². The Morgan fingerprint density at radius 3 is 2.30 bits per heavy atom. The number of rotatable bonds is 5. The SMILES string of the molecule is CCCC(=O)Nc1ccc(N2CCN(CC)CC2)cc1. The molecule has 1 aliphatic heterocycles. The summed E-state index contributed by atoms with van der Waals surface area (Å²) in [5, 5.41) is 2.92. The lowest BCUT2D eigenvalue weighted by molar-refractivity contribution is -0.116. The topological polar surface area (TPSA) is 35.6 Å². The van der Waals surface area contributed by atoms with Crippen LogP contribution in [0.4, 0.5) is 11.4 Å². The van der Waals surface area contributed by atoms with Crippen molar-refractivity contribution in [3.05, 3.63) is 24.3 Å². The Morgan fingerprint density at radius 1 is 1.10 bits per heavy atom. The minimum absolute atomic E-state index is 0.0943. The van der Waals surface area contributed by atoms with Gasteiger partial charge in [-0.05, 0) is 37.2 Å². The summed E-state index contributed by atoms with van der Waals surface area (Å²) in [4.78, 5) is 16.4. The summed E-state index contributed by atoms with van der Waals surface area (Å²) in [5.41, 5.74) is 2.13. The predicted octanol–water partition coefficient (Wildman–Crippen LogP) is 2.57. The zero-order chi connectivity index (χ0) is 14.4. The van der Waals surface area contributed by atoms with Gasteiger partial charge in [0, 0.05) is 44.0 Å². The summed E-state index contributed by atoms with van der Waals surface area (Å²) < 4.78 is 0. The van der Waals surface area contributed by atoms with Gasteiger partial charge in [-0.2, -0.15) is 0 Å². The number of hydrogen-bond acceptors (Lipinski definition) is 3. The molecule has 110 valence electrons. The first-order valence-corrected chi connectivity index (χ1v) is 7.60. The Labute approximate surface area is 121 Å². The van der Waals surface area contributed by atoms with E-state index < -0.39 is 0 Å². The van der Waals surface area contributed by atoms with Crippen LogP contribution in [0.1, 0.15) is 26.7 Å². The number of benzene rings is 1. The average Bonchev–Trinajstić information content (AvgIpc) is 2.48. The van der Waals surface area contributed by atoms with E-state index in [-0.39, 0.29) is 5.91 Å². The monoisotopic (exact) mass is 275 g/mol. The maximum atomic E-state index is 11.5. The standard InChI is InChI=1S/C16H25N3O/c1-3-5-16(20)17-14-6-8-15(9-7-14)19-12-10-18(4-2)11-13-19/h6-9H,3-5,10-13H2,1-2H3,(H,17,20). The Balaban J connectivity index is 1.90. The van der Waals surface area contributed by atoms with Gasteiger partial charge in [0.15, 0.2) is 0 Å². The number of anilines is 2.